The first-order valence-electron chi connectivity index (χ1n) is 6.67. The summed E-state index contributed by atoms with van der Waals surface area (Å²) >= 11 is 0. The second-order valence-electron chi connectivity index (χ2n) is 4.73. The summed E-state index contributed by atoms with van der Waals surface area (Å²) < 4.78 is 0. The van der Waals surface area contributed by atoms with Gasteiger partial charge >= 0.3 is 0 Å². The van der Waals surface area contributed by atoms with E-state index in [2.05, 4.69) is 21.8 Å². The summed E-state index contributed by atoms with van der Waals surface area (Å²) in [4.78, 5) is 8.94. The maximum Gasteiger partial charge on any atom is 0.191 e. The van der Waals surface area contributed by atoms with Crippen molar-refractivity contribution in [3.05, 3.63) is 0 Å². The first kappa shape index (κ1) is 14.3. The van der Waals surface area contributed by atoms with E-state index in [4.69, 9.17) is 11.5 Å². The predicted octanol–water partition coefficient (Wildman–Crippen LogP) is 0.0676. The molecule has 0 aliphatic carbocycles. The molecule has 5 heteroatoms. The first-order chi connectivity index (χ1) is 8.24. The van der Waals surface area contributed by atoms with Crippen molar-refractivity contribution in [3.63, 3.8) is 0 Å². The van der Waals surface area contributed by atoms with Gasteiger partial charge in [-0.15, -0.1) is 0 Å². The van der Waals surface area contributed by atoms with Crippen molar-refractivity contribution in [2.75, 3.05) is 46.3 Å². The first-order valence-corrected chi connectivity index (χ1v) is 6.67. The van der Waals surface area contributed by atoms with Gasteiger partial charge in [0.2, 0.25) is 0 Å². The number of nitrogens with two attached hydrogens (primary N) is 2. The highest BCUT2D eigenvalue weighted by Gasteiger charge is 2.14. The molecular weight excluding hydrogens is 214 g/mol. The summed E-state index contributed by atoms with van der Waals surface area (Å²) in [6, 6.07) is 0. The Balaban J connectivity index is 2.11. The van der Waals surface area contributed by atoms with Crippen LogP contribution in [0.4, 0.5) is 0 Å². The average molecular weight is 241 g/mol. The molecule has 0 amide bonds. The monoisotopic (exact) mass is 241 g/mol. The molecule has 0 aromatic heterocycles. The van der Waals surface area contributed by atoms with Crippen LogP contribution in [0.25, 0.3) is 0 Å². The van der Waals surface area contributed by atoms with Crippen LogP contribution in [0.5, 0.6) is 0 Å². The summed E-state index contributed by atoms with van der Waals surface area (Å²) in [5.74, 6) is 0.719. The smallest absolute Gasteiger partial charge is 0.191 e. The topological polar surface area (TPSA) is 70.9 Å². The van der Waals surface area contributed by atoms with Crippen molar-refractivity contribution in [3.8, 4) is 0 Å². The molecule has 0 atom stereocenters. The summed E-state index contributed by atoms with van der Waals surface area (Å²) in [5, 5.41) is 0. The Hall–Kier alpha value is -0.810. The summed E-state index contributed by atoms with van der Waals surface area (Å²) in [6.45, 7) is 5.80. The lowest BCUT2D eigenvalue weighted by Crippen LogP contribution is -2.49. The van der Waals surface area contributed by atoms with Crippen LogP contribution in [0.1, 0.15) is 25.7 Å². The molecule has 1 fully saturated rings. The number of unbranched alkanes of at least 4 members (excludes halogenated alkanes) is 3. The summed E-state index contributed by atoms with van der Waals surface area (Å²) in [7, 11) is 2.14. The van der Waals surface area contributed by atoms with E-state index in [9.17, 15) is 0 Å². The molecule has 0 radical (unpaired) electrons. The van der Waals surface area contributed by atoms with Crippen LogP contribution >= 0.6 is 0 Å². The summed E-state index contributed by atoms with van der Waals surface area (Å²) in [5.41, 5.74) is 11.4. The van der Waals surface area contributed by atoms with E-state index in [1.54, 1.807) is 0 Å². The highest BCUT2D eigenvalue weighted by atomic mass is 15.3. The zero-order valence-electron chi connectivity index (χ0n) is 11.1. The molecule has 5 nitrogen and oxygen atoms in total. The van der Waals surface area contributed by atoms with Crippen molar-refractivity contribution < 1.29 is 0 Å². The van der Waals surface area contributed by atoms with Gasteiger partial charge in [0.05, 0.1) is 0 Å². The Bertz CT molecular complexity index is 221. The molecule has 1 rings (SSSR count). The SMILES string of the molecule is CN1CCN(C(N)=NCCCCCCN)CC1. The van der Waals surface area contributed by atoms with Crippen molar-refractivity contribution in [1.29, 1.82) is 0 Å². The third-order valence-corrected chi connectivity index (χ3v) is 3.21. The molecule has 0 unspecified atom stereocenters. The van der Waals surface area contributed by atoms with Gasteiger partial charge in [0.15, 0.2) is 5.96 Å². The van der Waals surface area contributed by atoms with Gasteiger partial charge in [-0.3, -0.25) is 4.99 Å². The number of guanidine groups is 1. The van der Waals surface area contributed by atoms with Crippen LogP contribution in [-0.4, -0.2) is 62.1 Å². The van der Waals surface area contributed by atoms with E-state index < -0.39 is 0 Å². The van der Waals surface area contributed by atoms with E-state index in [1.165, 1.54) is 12.8 Å². The third kappa shape index (κ3) is 5.89. The number of rotatable bonds is 6. The van der Waals surface area contributed by atoms with Gasteiger partial charge in [-0.25, -0.2) is 0 Å². The Morgan fingerprint density at radius 2 is 1.71 bits per heavy atom. The van der Waals surface area contributed by atoms with Crippen molar-refractivity contribution in [2.24, 2.45) is 16.5 Å². The van der Waals surface area contributed by atoms with Gasteiger partial charge in [-0.1, -0.05) is 12.8 Å². The summed E-state index contributed by atoms with van der Waals surface area (Å²) in [6.07, 6.45) is 4.66. The molecule has 4 N–H and O–H groups in total. The Morgan fingerprint density at radius 3 is 2.35 bits per heavy atom. The Labute approximate surface area is 105 Å². The molecule has 0 bridgehead atoms. The number of likely N-dealkylation sites (N-methyl/N-ethyl adjacent to an activating group) is 1. The molecule has 1 heterocycles. The number of nitrogens with zero attached hydrogens (tertiary/aromatic N) is 3. The standard InChI is InChI=1S/C12H27N5/c1-16-8-10-17(11-9-16)12(14)15-7-5-3-2-4-6-13/h2-11,13H2,1H3,(H2,14,15). The van der Waals surface area contributed by atoms with Crippen LogP contribution in [-0.2, 0) is 0 Å². The molecule has 1 aliphatic rings. The van der Waals surface area contributed by atoms with Crippen LogP contribution in [0, 0.1) is 0 Å². The quantitative estimate of drug-likeness (QED) is 0.392. The molecular formula is C12H27N5. The molecule has 0 spiro atoms. The van der Waals surface area contributed by atoms with Crippen LogP contribution in [0.2, 0.25) is 0 Å². The van der Waals surface area contributed by atoms with E-state index in [0.717, 1.165) is 58.1 Å². The van der Waals surface area contributed by atoms with Crippen LogP contribution < -0.4 is 11.5 Å². The van der Waals surface area contributed by atoms with Crippen LogP contribution in [0.15, 0.2) is 4.99 Å². The van der Waals surface area contributed by atoms with E-state index in [1.807, 2.05) is 0 Å². The zero-order chi connectivity index (χ0) is 12.5. The minimum atomic E-state index is 0.719. The highest BCUT2D eigenvalue weighted by molar-refractivity contribution is 5.78. The van der Waals surface area contributed by atoms with Crippen LogP contribution in [0.3, 0.4) is 0 Å². The fraction of sp³-hybridized carbons (Fsp3) is 0.917. The van der Waals surface area contributed by atoms with E-state index in [0.29, 0.717) is 0 Å². The fourth-order valence-electron chi connectivity index (χ4n) is 1.94. The van der Waals surface area contributed by atoms with Crippen molar-refractivity contribution >= 4 is 5.96 Å². The molecule has 0 aromatic carbocycles. The minimum absolute atomic E-state index is 0.719. The molecule has 1 saturated heterocycles. The lowest BCUT2D eigenvalue weighted by atomic mass is 10.2. The number of hydrogen-bond donors (Lipinski definition) is 2. The third-order valence-electron chi connectivity index (χ3n) is 3.21. The number of piperazine rings is 1. The Kier molecular flexibility index (Phi) is 6.96. The second kappa shape index (κ2) is 8.31. The van der Waals surface area contributed by atoms with Gasteiger partial charge in [0.1, 0.15) is 0 Å². The molecule has 100 valence electrons. The van der Waals surface area contributed by atoms with Gasteiger partial charge in [-0.2, -0.15) is 0 Å². The second-order valence-corrected chi connectivity index (χ2v) is 4.73. The molecule has 0 aromatic rings. The van der Waals surface area contributed by atoms with Crippen molar-refractivity contribution in [2.45, 2.75) is 25.7 Å². The van der Waals surface area contributed by atoms with Gasteiger partial charge in [-0.05, 0) is 26.4 Å². The lowest BCUT2D eigenvalue weighted by molar-refractivity contribution is 0.214. The normalized spacial score (nSPS) is 18.7. The van der Waals surface area contributed by atoms with Crippen molar-refractivity contribution in [1.82, 2.24) is 9.80 Å². The highest BCUT2D eigenvalue weighted by Crippen LogP contribution is 2.01. The average Bonchev–Trinajstić information content (AvgIpc) is 2.34. The Morgan fingerprint density at radius 1 is 1.06 bits per heavy atom. The number of hydrogen-bond acceptors (Lipinski definition) is 3. The zero-order valence-corrected chi connectivity index (χ0v) is 11.1. The molecule has 0 saturated carbocycles. The van der Waals surface area contributed by atoms with Gasteiger partial charge < -0.3 is 21.3 Å². The largest absolute Gasteiger partial charge is 0.370 e. The van der Waals surface area contributed by atoms with Gasteiger partial charge in [0, 0.05) is 32.7 Å². The number of aliphatic imine (C=N–C) groups is 1. The van der Waals surface area contributed by atoms with E-state index >= 15 is 0 Å². The molecule has 17 heavy (non-hydrogen) atoms. The van der Waals surface area contributed by atoms with E-state index in [-0.39, 0.29) is 0 Å². The predicted molar refractivity (Wildman–Crippen MR) is 73.1 cm³/mol. The lowest BCUT2D eigenvalue weighted by Gasteiger charge is -2.33. The minimum Gasteiger partial charge on any atom is -0.370 e. The van der Waals surface area contributed by atoms with Gasteiger partial charge in [0.25, 0.3) is 0 Å². The fourth-order valence-corrected chi connectivity index (χ4v) is 1.94. The maximum absolute atomic E-state index is 5.97. The molecule has 1 aliphatic heterocycles. The maximum atomic E-state index is 5.97.